The number of halogens is 2. The fourth-order valence-corrected chi connectivity index (χ4v) is 3.17. The van der Waals surface area contributed by atoms with E-state index >= 15 is 0 Å². The van der Waals surface area contributed by atoms with Crippen LogP contribution in [0.3, 0.4) is 0 Å². The quantitative estimate of drug-likeness (QED) is 0.731. The lowest BCUT2D eigenvalue weighted by atomic mass is 9.83. The van der Waals surface area contributed by atoms with Gasteiger partial charge in [0.15, 0.2) is 0 Å². The molecule has 1 aliphatic rings. The molecule has 116 valence electrons. The fourth-order valence-electron chi connectivity index (χ4n) is 2.92. The van der Waals surface area contributed by atoms with Crippen LogP contribution in [0, 0.1) is 11.7 Å². The van der Waals surface area contributed by atoms with Gasteiger partial charge in [0.25, 0.3) is 0 Å². The van der Waals surface area contributed by atoms with Gasteiger partial charge in [-0.1, -0.05) is 50.8 Å². The maximum Gasteiger partial charge on any atom is 0.137 e. The van der Waals surface area contributed by atoms with Gasteiger partial charge in [0.1, 0.15) is 5.82 Å². The molecule has 0 bridgehead atoms. The zero-order valence-corrected chi connectivity index (χ0v) is 14.5. The van der Waals surface area contributed by atoms with Crippen LogP contribution in [-0.4, -0.2) is 12.6 Å². The lowest BCUT2D eigenvalue weighted by Gasteiger charge is -2.26. The highest BCUT2D eigenvalue weighted by Gasteiger charge is 2.18. The van der Waals surface area contributed by atoms with Crippen molar-refractivity contribution < 1.29 is 4.39 Å². The minimum absolute atomic E-state index is 0.191. The molecule has 0 heterocycles. The Morgan fingerprint density at radius 1 is 1.33 bits per heavy atom. The fraction of sp³-hybridized carbons (Fsp3) is 0.556. The number of hydrogen-bond donors (Lipinski definition) is 1. The second kappa shape index (κ2) is 8.09. The Hall–Kier alpha value is -0.670. The van der Waals surface area contributed by atoms with Crippen LogP contribution in [-0.2, 0) is 0 Å². The van der Waals surface area contributed by atoms with Crippen LogP contribution in [0.25, 0.3) is 6.08 Å². The highest BCUT2D eigenvalue weighted by molar-refractivity contribution is 9.10. The summed E-state index contributed by atoms with van der Waals surface area (Å²) in [6.45, 7) is 5.23. The number of rotatable bonds is 5. The molecule has 1 aliphatic carbocycles. The van der Waals surface area contributed by atoms with E-state index in [1.165, 1.54) is 37.7 Å². The van der Waals surface area contributed by atoms with E-state index in [0.717, 1.165) is 12.1 Å². The Balaban J connectivity index is 2.19. The van der Waals surface area contributed by atoms with Crippen molar-refractivity contribution in [3.8, 4) is 0 Å². The molecule has 1 fully saturated rings. The number of nitrogens with one attached hydrogen (secondary N) is 1. The largest absolute Gasteiger partial charge is 0.311 e. The SMILES string of the molecule is CC(C)NC/C(=C/c1ccc(Br)c(F)c1)C1CCCCC1. The summed E-state index contributed by atoms with van der Waals surface area (Å²) in [7, 11) is 0. The van der Waals surface area contributed by atoms with E-state index in [1.807, 2.05) is 6.07 Å². The van der Waals surface area contributed by atoms with Crippen molar-refractivity contribution in [3.05, 3.63) is 39.6 Å². The highest BCUT2D eigenvalue weighted by atomic mass is 79.9. The molecule has 3 heteroatoms. The van der Waals surface area contributed by atoms with E-state index in [2.05, 4.69) is 41.2 Å². The Kier molecular flexibility index (Phi) is 6.43. The summed E-state index contributed by atoms with van der Waals surface area (Å²) in [6.07, 6.45) is 8.71. The van der Waals surface area contributed by atoms with Crippen LogP contribution in [0.1, 0.15) is 51.5 Å². The molecule has 21 heavy (non-hydrogen) atoms. The molecule has 0 saturated heterocycles. The van der Waals surface area contributed by atoms with Crippen molar-refractivity contribution in [3.63, 3.8) is 0 Å². The molecule has 0 amide bonds. The van der Waals surface area contributed by atoms with Crippen molar-refractivity contribution >= 4 is 22.0 Å². The third-order valence-electron chi connectivity index (χ3n) is 4.14. The van der Waals surface area contributed by atoms with Crippen LogP contribution in [0.4, 0.5) is 4.39 Å². The first-order chi connectivity index (χ1) is 10.1. The van der Waals surface area contributed by atoms with Crippen molar-refractivity contribution in [2.24, 2.45) is 5.92 Å². The van der Waals surface area contributed by atoms with Gasteiger partial charge in [-0.05, 0) is 52.4 Å². The summed E-state index contributed by atoms with van der Waals surface area (Å²) in [4.78, 5) is 0. The van der Waals surface area contributed by atoms with Crippen LogP contribution < -0.4 is 5.32 Å². The molecule has 0 aliphatic heterocycles. The Bertz CT molecular complexity index is 490. The lowest BCUT2D eigenvalue weighted by Crippen LogP contribution is -2.27. The second-order valence-corrected chi connectivity index (χ2v) is 7.12. The summed E-state index contributed by atoms with van der Waals surface area (Å²) >= 11 is 3.21. The average molecular weight is 354 g/mol. The molecule has 2 rings (SSSR count). The van der Waals surface area contributed by atoms with Gasteiger partial charge >= 0.3 is 0 Å². The van der Waals surface area contributed by atoms with Crippen LogP contribution in [0.5, 0.6) is 0 Å². The monoisotopic (exact) mass is 353 g/mol. The van der Waals surface area contributed by atoms with Gasteiger partial charge in [-0.3, -0.25) is 0 Å². The van der Waals surface area contributed by atoms with E-state index in [1.54, 1.807) is 12.1 Å². The average Bonchev–Trinajstić information content (AvgIpc) is 2.48. The molecule has 1 N–H and O–H groups in total. The molecular weight excluding hydrogens is 329 g/mol. The van der Waals surface area contributed by atoms with Gasteiger partial charge in [-0.25, -0.2) is 4.39 Å². The van der Waals surface area contributed by atoms with Crippen molar-refractivity contribution in [2.45, 2.75) is 52.0 Å². The second-order valence-electron chi connectivity index (χ2n) is 6.26. The van der Waals surface area contributed by atoms with Gasteiger partial charge in [0.2, 0.25) is 0 Å². The van der Waals surface area contributed by atoms with Gasteiger partial charge in [-0.15, -0.1) is 0 Å². The summed E-state index contributed by atoms with van der Waals surface area (Å²) in [5.74, 6) is 0.459. The predicted octanol–water partition coefficient (Wildman–Crippen LogP) is 5.55. The van der Waals surface area contributed by atoms with E-state index < -0.39 is 0 Å². The first kappa shape index (κ1) is 16.7. The topological polar surface area (TPSA) is 12.0 Å². The van der Waals surface area contributed by atoms with Gasteiger partial charge in [-0.2, -0.15) is 0 Å². The third-order valence-corrected chi connectivity index (χ3v) is 4.78. The molecule has 0 radical (unpaired) electrons. The van der Waals surface area contributed by atoms with Gasteiger partial charge in [0, 0.05) is 12.6 Å². The molecule has 0 unspecified atom stereocenters. The van der Waals surface area contributed by atoms with Crippen LogP contribution in [0.15, 0.2) is 28.2 Å². The molecular formula is C18H25BrFN. The summed E-state index contributed by atoms with van der Waals surface area (Å²) in [5.41, 5.74) is 2.38. The van der Waals surface area contributed by atoms with Crippen LogP contribution in [0.2, 0.25) is 0 Å². The molecule has 1 nitrogen and oxygen atoms in total. The smallest absolute Gasteiger partial charge is 0.137 e. The summed E-state index contributed by atoms with van der Waals surface area (Å²) < 4.78 is 14.2. The van der Waals surface area contributed by atoms with E-state index in [-0.39, 0.29) is 5.82 Å². The maximum atomic E-state index is 13.7. The normalized spacial score (nSPS) is 17.5. The zero-order chi connectivity index (χ0) is 15.2. The highest BCUT2D eigenvalue weighted by Crippen LogP contribution is 2.31. The molecule has 1 aromatic carbocycles. The van der Waals surface area contributed by atoms with Crippen molar-refractivity contribution in [2.75, 3.05) is 6.54 Å². The first-order valence-electron chi connectivity index (χ1n) is 7.95. The maximum absolute atomic E-state index is 13.7. The minimum Gasteiger partial charge on any atom is -0.311 e. The Morgan fingerprint density at radius 2 is 2.05 bits per heavy atom. The Morgan fingerprint density at radius 3 is 2.67 bits per heavy atom. The predicted molar refractivity (Wildman–Crippen MR) is 91.8 cm³/mol. The van der Waals surface area contributed by atoms with Crippen molar-refractivity contribution in [1.82, 2.24) is 5.32 Å². The van der Waals surface area contributed by atoms with Gasteiger partial charge < -0.3 is 5.32 Å². The molecule has 0 atom stereocenters. The van der Waals surface area contributed by atoms with Crippen LogP contribution >= 0.6 is 15.9 Å². The first-order valence-corrected chi connectivity index (χ1v) is 8.74. The van der Waals surface area contributed by atoms with E-state index in [4.69, 9.17) is 0 Å². The molecule has 1 saturated carbocycles. The Labute approximate surface area is 136 Å². The molecule has 1 aromatic rings. The van der Waals surface area contributed by atoms with Gasteiger partial charge in [0.05, 0.1) is 4.47 Å². The summed E-state index contributed by atoms with van der Waals surface area (Å²) in [6, 6.07) is 5.85. The summed E-state index contributed by atoms with van der Waals surface area (Å²) in [5, 5.41) is 3.52. The minimum atomic E-state index is -0.191. The van der Waals surface area contributed by atoms with E-state index in [9.17, 15) is 4.39 Å². The zero-order valence-electron chi connectivity index (χ0n) is 13.0. The van der Waals surface area contributed by atoms with Crippen molar-refractivity contribution in [1.29, 1.82) is 0 Å². The standard InChI is InChI=1S/C18H25BrFN/c1-13(2)21-12-16(15-6-4-3-5-7-15)10-14-8-9-17(19)18(20)11-14/h8-11,13,15,21H,3-7,12H2,1-2H3/b16-10-. The number of benzene rings is 1. The molecule has 0 spiro atoms. The molecule has 0 aromatic heterocycles. The number of hydrogen-bond acceptors (Lipinski definition) is 1. The lowest BCUT2D eigenvalue weighted by molar-refractivity contribution is 0.394. The third kappa shape index (κ3) is 5.23. The van der Waals surface area contributed by atoms with E-state index in [0.29, 0.717) is 16.4 Å².